The average Bonchev–Trinajstić information content (AvgIpc) is 3.53. The fourth-order valence-electron chi connectivity index (χ4n) is 4.38. The van der Waals surface area contributed by atoms with E-state index in [1.165, 1.54) is 0 Å². The highest BCUT2D eigenvalue weighted by Crippen LogP contribution is 2.38. The zero-order valence-corrected chi connectivity index (χ0v) is 25.3. The van der Waals surface area contributed by atoms with Gasteiger partial charge in [-0.15, -0.1) is 0 Å². The lowest BCUT2D eigenvalue weighted by molar-refractivity contribution is 0.0941. The maximum absolute atomic E-state index is 13.1. The van der Waals surface area contributed by atoms with Crippen molar-refractivity contribution in [2.24, 2.45) is 0 Å². The Labute approximate surface area is 260 Å². The summed E-state index contributed by atoms with van der Waals surface area (Å²) < 4.78 is 10.6. The molecule has 0 spiro atoms. The second-order valence-electron chi connectivity index (χ2n) is 9.30. The minimum Gasteiger partial charge on any atom is -0.360 e. The van der Waals surface area contributed by atoms with Crippen LogP contribution in [0.25, 0.3) is 22.5 Å². The quantitative estimate of drug-likeness (QED) is 0.177. The Kier molecular flexibility index (Phi) is 8.89. The molecule has 0 atom stereocenters. The summed E-state index contributed by atoms with van der Waals surface area (Å²) in [5.41, 5.74) is 3.60. The minimum atomic E-state index is -0.380. The van der Waals surface area contributed by atoms with Crippen molar-refractivity contribution in [3.05, 3.63) is 115 Å². The largest absolute Gasteiger partial charge is 0.360 e. The molecule has 0 unspecified atom stereocenters. The smallest absolute Gasteiger partial charge is 0.257 e. The first-order chi connectivity index (χ1) is 20.2. The Morgan fingerprint density at radius 1 is 0.619 bits per heavy atom. The molecule has 12 heteroatoms. The maximum Gasteiger partial charge on any atom is 0.257 e. The highest BCUT2D eigenvalue weighted by Gasteiger charge is 2.26. The third-order valence-corrected chi connectivity index (χ3v) is 7.77. The molecule has 2 heterocycles. The lowest BCUT2D eigenvalue weighted by Crippen LogP contribution is -2.24. The Balaban J connectivity index is 1.23. The van der Waals surface area contributed by atoms with Gasteiger partial charge in [0.25, 0.3) is 11.8 Å². The number of halogens is 4. The van der Waals surface area contributed by atoms with Crippen molar-refractivity contribution in [2.75, 3.05) is 0 Å². The average molecular weight is 644 g/mol. The number of nitrogens with one attached hydrogen (secondary N) is 2. The van der Waals surface area contributed by atoms with E-state index in [2.05, 4.69) is 20.9 Å². The monoisotopic (exact) mass is 642 g/mol. The van der Waals surface area contributed by atoms with E-state index >= 15 is 0 Å². The summed E-state index contributed by atoms with van der Waals surface area (Å²) in [4.78, 5) is 26.2. The molecule has 5 aromatic rings. The fourth-order valence-corrected chi connectivity index (χ4v) is 5.54. The van der Waals surface area contributed by atoms with Crippen molar-refractivity contribution in [1.82, 2.24) is 20.9 Å². The molecule has 0 saturated heterocycles. The van der Waals surface area contributed by atoms with Crippen LogP contribution in [0.1, 0.15) is 43.4 Å². The van der Waals surface area contributed by atoms with Crippen LogP contribution >= 0.6 is 46.4 Å². The van der Waals surface area contributed by atoms with Crippen molar-refractivity contribution in [3.8, 4) is 22.5 Å². The van der Waals surface area contributed by atoms with Crippen molar-refractivity contribution in [1.29, 1.82) is 0 Å². The number of rotatable bonds is 8. The molecule has 2 amide bonds. The van der Waals surface area contributed by atoms with Crippen LogP contribution in [0.5, 0.6) is 0 Å². The van der Waals surface area contributed by atoms with Crippen LogP contribution < -0.4 is 10.6 Å². The summed E-state index contributed by atoms with van der Waals surface area (Å²) in [6.45, 7) is 3.78. The van der Waals surface area contributed by atoms with Gasteiger partial charge in [0, 0.05) is 24.2 Å². The third-order valence-electron chi connectivity index (χ3n) is 6.51. The molecule has 8 nitrogen and oxygen atoms in total. The van der Waals surface area contributed by atoms with Crippen LogP contribution in [0.4, 0.5) is 0 Å². The van der Waals surface area contributed by atoms with Gasteiger partial charge in [0.1, 0.15) is 34.0 Å². The molecular weight excluding hydrogens is 622 g/mol. The first kappa shape index (κ1) is 29.7. The van der Waals surface area contributed by atoms with E-state index in [0.717, 1.165) is 11.1 Å². The van der Waals surface area contributed by atoms with Gasteiger partial charge in [-0.3, -0.25) is 9.59 Å². The maximum atomic E-state index is 13.1. The van der Waals surface area contributed by atoms with E-state index in [-0.39, 0.29) is 47.4 Å². The highest BCUT2D eigenvalue weighted by atomic mass is 35.5. The van der Waals surface area contributed by atoms with E-state index in [4.69, 9.17) is 55.4 Å². The van der Waals surface area contributed by atoms with E-state index in [0.29, 0.717) is 42.7 Å². The number of aromatic nitrogens is 2. The normalized spacial score (nSPS) is 11.0. The number of amides is 2. The van der Waals surface area contributed by atoms with Crippen molar-refractivity contribution in [3.63, 3.8) is 0 Å². The summed E-state index contributed by atoms with van der Waals surface area (Å²) in [7, 11) is 0. The molecule has 2 N–H and O–H groups in total. The Bertz CT molecular complexity index is 1630. The van der Waals surface area contributed by atoms with Crippen LogP contribution in [0.3, 0.4) is 0 Å². The van der Waals surface area contributed by atoms with Gasteiger partial charge < -0.3 is 19.7 Å². The van der Waals surface area contributed by atoms with Gasteiger partial charge >= 0.3 is 0 Å². The summed E-state index contributed by atoms with van der Waals surface area (Å²) in [6.07, 6.45) is 0. The number of nitrogens with zero attached hydrogens (tertiary/aromatic N) is 2. The molecule has 0 fully saturated rings. The second-order valence-corrected chi connectivity index (χ2v) is 10.9. The molecular formula is C30H22Cl4N4O4. The topological polar surface area (TPSA) is 110 Å². The number of aryl methyl sites for hydroxylation is 2. The molecule has 0 aliphatic heterocycles. The third kappa shape index (κ3) is 6.03. The van der Waals surface area contributed by atoms with Crippen LogP contribution in [-0.2, 0) is 13.1 Å². The number of carbonyl (C=O) groups excluding carboxylic acids is 2. The van der Waals surface area contributed by atoms with E-state index in [1.54, 1.807) is 50.2 Å². The minimum absolute atomic E-state index is 0.244. The molecule has 0 saturated carbocycles. The second kappa shape index (κ2) is 12.6. The van der Waals surface area contributed by atoms with Gasteiger partial charge in [0.05, 0.1) is 20.1 Å². The first-order valence-corrected chi connectivity index (χ1v) is 14.1. The molecule has 2 aromatic heterocycles. The number of benzene rings is 3. The molecule has 214 valence electrons. The summed E-state index contributed by atoms with van der Waals surface area (Å²) in [5.74, 6) is -0.0793. The lowest BCUT2D eigenvalue weighted by Gasteiger charge is -2.10. The van der Waals surface area contributed by atoms with E-state index < -0.39 is 0 Å². The lowest BCUT2D eigenvalue weighted by atomic mass is 10.0. The fraction of sp³-hybridized carbons (Fsp3) is 0.133. The number of hydrogen-bond acceptors (Lipinski definition) is 6. The van der Waals surface area contributed by atoms with E-state index in [9.17, 15) is 9.59 Å². The Hall–Kier alpha value is -3.82. The molecule has 5 rings (SSSR count). The molecule has 0 radical (unpaired) electrons. The van der Waals surface area contributed by atoms with Gasteiger partial charge in [-0.1, -0.05) is 93.1 Å². The van der Waals surface area contributed by atoms with Crippen LogP contribution in [0, 0.1) is 13.8 Å². The van der Waals surface area contributed by atoms with Gasteiger partial charge in [0.15, 0.2) is 0 Å². The first-order valence-electron chi connectivity index (χ1n) is 12.6. The SMILES string of the molecule is Cc1onc(-c2c(Cl)cccc2Cl)c1C(=O)NCc1ccc(CNC(=O)c2c(-c3c(Cl)cccc3Cl)noc2C)cc1. The van der Waals surface area contributed by atoms with Gasteiger partial charge in [0.2, 0.25) is 0 Å². The van der Waals surface area contributed by atoms with Gasteiger partial charge in [-0.25, -0.2) is 0 Å². The van der Waals surface area contributed by atoms with Crippen LogP contribution in [0.15, 0.2) is 69.7 Å². The van der Waals surface area contributed by atoms with Gasteiger partial charge in [-0.05, 0) is 49.2 Å². The molecule has 0 bridgehead atoms. The van der Waals surface area contributed by atoms with Gasteiger partial charge in [-0.2, -0.15) is 0 Å². The highest BCUT2D eigenvalue weighted by molar-refractivity contribution is 6.40. The molecule has 0 aliphatic rings. The number of hydrogen-bond donors (Lipinski definition) is 2. The Morgan fingerprint density at radius 3 is 1.29 bits per heavy atom. The summed E-state index contributed by atoms with van der Waals surface area (Å²) >= 11 is 25.3. The van der Waals surface area contributed by atoms with Crippen molar-refractivity contribution in [2.45, 2.75) is 26.9 Å². The van der Waals surface area contributed by atoms with Crippen molar-refractivity contribution >= 4 is 58.2 Å². The predicted molar refractivity (Wildman–Crippen MR) is 162 cm³/mol. The molecule has 42 heavy (non-hydrogen) atoms. The Morgan fingerprint density at radius 2 is 0.952 bits per heavy atom. The zero-order chi connectivity index (χ0) is 30.0. The predicted octanol–water partition coefficient (Wildman–Crippen LogP) is 8.09. The molecule has 0 aliphatic carbocycles. The summed E-state index contributed by atoms with van der Waals surface area (Å²) in [5, 5.41) is 15.2. The van der Waals surface area contributed by atoms with Crippen LogP contribution in [-0.4, -0.2) is 22.1 Å². The van der Waals surface area contributed by atoms with Crippen molar-refractivity contribution < 1.29 is 18.6 Å². The van der Waals surface area contributed by atoms with Crippen LogP contribution in [0.2, 0.25) is 20.1 Å². The van der Waals surface area contributed by atoms with E-state index in [1.807, 2.05) is 24.3 Å². The molecule has 3 aromatic carbocycles. The zero-order valence-electron chi connectivity index (χ0n) is 22.2. The number of carbonyl (C=O) groups is 2. The summed E-state index contributed by atoms with van der Waals surface area (Å²) in [6, 6.07) is 17.5. The standard InChI is InChI=1S/C30H22Cl4N4O4/c1-15-23(27(37-41-15)25-19(31)5-3-6-20(25)32)29(39)35-13-17-9-11-18(12-10-17)14-36-30(40)24-16(2)42-38-28(24)26-21(33)7-4-8-22(26)34/h3-12H,13-14H2,1-2H3,(H,35,39)(H,36,40).